The van der Waals surface area contributed by atoms with Gasteiger partial charge >= 0.3 is 0 Å². The summed E-state index contributed by atoms with van der Waals surface area (Å²) in [6.45, 7) is 5.71. The highest BCUT2D eigenvalue weighted by molar-refractivity contribution is 7.80. The molecule has 0 fully saturated rings. The molecule has 0 amide bonds. The number of fused-ring (bicyclic) bond motifs is 1. The van der Waals surface area contributed by atoms with Gasteiger partial charge in [0.25, 0.3) is 0 Å². The minimum absolute atomic E-state index is 0.242. The number of rotatable bonds is 5. The van der Waals surface area contributed by atoms with Crippen molar-refractivity contribution in [1.82, 2.24) is 24.8 Å². The maximum absolute atomic E-state index is 14.0. The summed E-state index contributed by atoms with van der Waals surface area (Å²) in [4.78, 5) is 12.6. The third-order valence-electron chi connectivity index (χ3n) is 4.89. The highest BCUT2D eigenvalue weighted by atomic mass is 32.1. The van der Waals surface area contributed by atoms with Crippen LogP contribution in [-0.2, 0) is 4.84 Å². The average molecular weight is 442 g/mol. The Labute approximate surface area is 185 Å². The van der Waals surface area contributed by atoms with Crippen LogP contribution in [0.1, 0.15) is 43.5 Å². The van der Waals surface area contributed by atoms with E-state index >= 15 is 0 Å². The summed E-state index contributed by atoms with van der Waals surface area (Å²) in [5.41, 5.74) is 2.31. The van der Waals surface area contributed by atoms with Gasteiger partial charge in [0.2, 0.25) is 5.72 Å². The minimum Gasteiger partial charge on any atom is -0.368 e. The maximum Gasteiger partial charge on any atom is 0.203 e. The molecule has 2 N–H and O–H groups in total. The van der Waals surface area contributed by atoms with Crippen LogP contribution in [0.15, 0.2) is 41.8 Å². The zero-order valence-electron chi connectivity index (χ0n) is 18.0. The SMILES string of the molecule is CC(Nc1ccn2ncc(C3=NOC(C)(C)N3)c2n1)c1cc(F)ccc1C(=S)N(C)C. The molecule has 3 aromatic rings. The highest BCUT2D eigenvalue weighted by Crippen LogP contribution is 2.25. The van der Waals surface area contributed by atoms with Crippen LogP contribution in [0, 0.1) is 5.82 Å². The minimum atomic E-state index is -0.591. The van der Waals surface area contributed by atoms with Gasteiger partial charge < -0.3 is 20.4 Å². The van der Waals surface area contributed by atoms with Crippen molar-refractivity contribution in [2.45, 2.75) is 32.5 Å². The number of anilines is 1. The highest BCUT2D eigenvalue weighted by Gasteiger charge is 2.30. The second-order valence-electron chi connectivity index (χ2n) is 8.10. The zero-order valence-corrected chi connectivity index (χ0v) is 18.8. The number of benzene rings is 1. The zero-order chi connectivity index (χ0) is 22.3. The molecule has 1 atom stereocenters. The monoisotopic (exact) mass is 441 g/mol. The van der Waals surface area contributed by atoms with E-state index in [4.69, 9.17) is 22.0 Å². The van der Waals surface area contributed by atoms with Gasteiger partial charge in [-0.25, -0.2) is 13.9 Å². The van der Waals surface area contributed by atoms with E-state index in [0.29, 0.717) is 22.3 Å². The van der Waals surface area contributed by atoms with Gasteiger partial charge in [0.1, 0.15) is 16.6 Å². The molecule has 0 saturated carbocycles. The molecule has 4 rings (SSSR count). The number of hydrogen-bond acceptors (Lipinski definition) is 7. The second-order valence-corrected chi connectivity index (χ2v) is 8.49. The smallest absolute Gasteiger partial charge is 0.203 e. The molecule has 0 aliphatic carbocycles. The van der Waals surface area contributed by atoms with E-state index in [1.165, 1.54) is 12.1 Å². The molecule has 0 spiro atoms. The number of halogens is 1. The van der Waals surface area contributed by atoms with Gasteiger partial charge in [-0.3, -0.25) is 0 Å². The first-order valence-corrected chi connectivity index (χ1v) is 10.2. The third-order valence-corrected chi connectivity index (χ3v) is 5.47. The molecule has 1 aromatic carbocycles. The van der Waals surface area contributed by atoms with Gasteiger partial charge in [-0.1, -0.05) is 17.4 Å². The van der Waals surface area contributed by atoms with Crippen molar-refractivity contribution in [3.63, 3.8) is 0 Å². The van der Waals surface area contributed by atoms with E-state index in [1.807, 2.05) is 45.8 Å². The Hall–Kier alpha value is -3.27. The first-order chi connectivity index (χ1) is 14.6. The molecule has 2 aromatic heterocycles. The Balaban J connectivity index is 1.65. The summed E-state index contributed by atoms with van der Waals surface area (Å²) >= 11 is 5.52. The Morgan fingerprint density at radius 2 is 2.10 bits per heavy atom. The lowest BCUT2D eigenvalue weighted by molar-refractivity contribution is -0.00234. The number of oxime groups is 1. The van der Waals surface area contributed by atoms with E-state index in [0.717, 1.165) is 16.7 Å². The first-order valence-electron chi connectivity index (χ1n) is 9.81. The molecule has 1 aliphatic heterocycles. The van der Waals surface area contributed by atoms with Crippen LogP contribution >= 0.6 is 12.2 Å². The topological polar surface area (TPSA) is 79.1 Å². The van der Waals surface area contributed by atoms with Gasteiger partial charge in [0.15, 0.2) is 11.5 Å². The van der Waals surface area contributed by atoms with Crippen LogP contribution in [0.25, 0.3) is 5.65 Å². The first kappa shape index (κ1) is 21.0. The molecule has 1 unspecified atom stereocenters. The summed E-state index contributed by atoms with van der Waals surface area (Å²) in [6, 6.07) is 6.20. The van der Waals surface area contributed by atoms with Gasteiger partial charge in [-0.15, -0.1) is 0 Å². The van der Waals surface area contributed by atoms with Crippen molar-refractivity contribution in [2.75, 3.05) is 19.4 Å². The lowest BCUT2D eigenvalue weighted by Gasteiger charge is -2.22. The van der Waals surface area contributed by atoms with Gasteiger partial charge in [0, 0.05) is 25.9 Å². The molecule has 3 heterocycles. The Kier molecular flexibility index (Phi) is 5.26. The molecular weight excluding hydrogens is 417 g/mol. The largest absolute Gasteiger partial charge is 0.368 e. The van der Waals surface area contributed by atoms with Crippen molar-refractivity contribution < 1.29 is 9.23 Å². The number of thiocarbonyl (C=S) groups is 1. The Bertz CT molecular complexity index is 1190. The Morgan fingerprint density at radius 3 is 2.77 bits per heavy atom. The summed E-state index contributed by atoms with van der Waals surface area (Å²) < 4.78 is 15.7. The molecule has 0 radical (unpaired) electrons. The lowest BCUT2D eigenvalue weighted by atomic mass is 10.0. The summed E-state index contributed by atoms with van der Waals surface area (Å²) in [6.07, 6.45) is 3.49. The molecule has 10 heteroatoms. The molecule has 0 bridgehead atoms. The molecule has 0 saturated heterocycles. The predicted octanol–water partition coefficient (Wildman–Crippen LogP) is 3.30. The fourth-order valence-electron chi connectivity index (χ4n) is 3.35. The number of aromatic nitrogens is 3. The van der Waals surface area contributed by atoms with E-state index in [9.17, 15) is 4.39 Å². The van der Waals surface area contributed by atoms with Gasteiger partial charge in [0.05, 0.1) is 17.8 Å². The molecule has 8 nitrogen and oxygen atoms in total. The van der Waals surface area contributed by atoms with E-state index in [2.05, 4.69) is 20.9 Å². The number of hydrogen-bond donors (Lipinski definition) is 2. The van der Waals surface area contributed by atoms with Gasteiger partial charge in [-0.2, -0.15) is 5.10 Å². The van der Waals surface area contributed by atoms with E-state index in [1.54, 1.807) is 23.0 Å². The van der Waals surface area contributed by atoms with Crippen molar-refractivity contribution >= 4 is 34.5 Å². The Morgan fingerprint density at radius 1 is 1.32 bits per heavy atom. The van der Waals surface area contributed by atoms with Gasteiger partial charge in [-0.05, 0) is 50.6 Å². The van der Waals surface area contributed by atoms with Crippen molar-refractivity contribution in [3.8, 4) is 0 Å². The van der Waals surface area contributed by atoms with Crippen LogP contribution in [0.2, 0.25) is 0 Å². The van der Waals surface area contributed by atoms with Crippen molar-refractivity contribution in [3.05, 3.63) is 59.2 Å². The van der Waals surface area contributed by atoms with Crippen LogP contribution in [0.5, 0.6) is 0 Å². The molecule has 1 aliphatic rings. The molecular formula is C21H24FN7OS. The summed E-state index contributed by atoms with van der Waals surface area (Å²) in [5, 5.41) is 15.0. The van der Waals surface area contributed by atoms with E-state index in [-0.39, 0.29) is 11.9 Å². The fraction of sp³-hybridized carbons (Fsp3) is 0.333. The van der Waals surface area contributed by atoms with Crippen LogP contribution in [-0.4, -0.2) is 50.1 Å². The third kappa shape index (κ3) is 4.15. The van der Waals surface area contributed by atoms with Crippen LogP contribution < -0.4 is 10.6 Å². The van der Waals surface area contributed by atoms with Crippen molar-refractivity contribution in [2.24, 2.45) is 5.16 Å². The number of amidine groups is 1. The molecule has 31 heavy (non-hydrogen) atoms. The number of nitrogens with one attached hydrogen (secondary N) is 2. The van der Waals surface area contributed by atoms with Crippen LogP contribution in [0.3, 0.4) is 0 Å². The quantitative estimate of drug-likeness (QED) is 0.588. The van der Waals surface area contributed by atoms with Crippen LogP contribution in [0.4, 0.5) is 10.2 Å². The summed E-state index contributed by atoms with van der Waals surface area (Å²) in [7, 11) is 3.74. The fourth-order valence-corrected chi connectivity index (χ4v) is 3.54. The van der Waals surface area contributed by atoms with Crippen molar-refractivity contribution in [1.29, 1.82) is 0 Å². The predicted molar refractivity (Wildman–Crippen MR) is 122 cm³/mol. The molecule has 162 valence electrons. The normalized spacial score (nSPS) is 15.7. The summed E-state index contributed by atoms with van der Waals surface area (Å²) in [5.74, 6) is 0.872. The standard InChI is InChI=1S/C21H24FN7OS/c1-12(15-10-13(22)6-7-14(15)20(31)28(4)5)24-17-8-9-29-19(25-17)16(11-23-29)18-26-21(2,3)30-27-18/h6-12H,1-5H3,(H,24,25)(H,26,27). The van der Waals surface area contributed by atoms with E-state index < -0.39 is 5.72 Å². The second kappa shape index (κ2) is 7.77. The average Bonchev–Trinajstić information content (AvgIpc) is 3.29. The maximum atomic E-state index is 14.0. The number of nitrogens with zero attached hydrogens (tertiary/aromatic N) is 5. The lowest BCUT2D eigenvalue weighted by Crippen LogP contribution is -2.38.